The fourth-order valence-corrected chi connectivity index (χ4v) is 2.77. The lowest BCUT2D eigenvalue weighted by Gasteiger charge is -2.27. The lowest BCUT2D eigenvalue weighted by atomic mass is 9.98. The number of amides is 1. The van der Waals surface area contributed by atoms with Gasteiger partial charge < -0.3 is 10.6 Å². The molecule has 0 bridgehead atoms. The monoisotopic (exact) mass is 296 g/mol. The standard InChI is InChI=1S/C17H16N2OS/c20-16(13-7-2-1-3-8-13)19-17(21)15-11-10-12-6-4-5-9-14(12)18-15/h1-9,15,18H,10-11H2,(H,19,20,21). The average Bonchev–Trinajstić information content (AvgIpc) is 2.55. The molecule has 4 heteroatoms. The summed E-state index contributed by atoms with van der Waals surface area (Å²) in [5, 5.41) is 6.22. The molecule has 1 amide bonds. The summed E-state index contributed by atoms with van der Waals surface area (Å²) in [7, 11) is 0. The largest absolute Gasteiger partial charge is 0.376 e. The highest BCUT2D eigenvalue weighted by atomic mass is 32.1. The molecule has 0 radical (unpaired) electrons. The van der Waals surface area contributed by atoms with Crippen LogP contribution in [-0.4, -0.2) is 16.9 Å². The molecule has 106 valence electrons. The Morgan fingerprint density at radius 1 is 1.10 bits per heavy atom. The number of para-hydroxylation sites is 1. The predicted molar refractivity (Wildman–Crippen MR) is 88.7 cm³/mol. The zero-order chi connectivity index (χ0) is 14.7. The number of carbonyl (C=O) groups excluding carboxylic acids is 1. The molecule has 0 saturated heterocycles. The number of carbonyl (C=O) groups is 1. The van der Waals surface area contributed by atoms with Crippen LogP contribution >= 0.6 is 12.2 Å². The quantitative estimate of drug-likeness (QED) is 0.836. The Balaban J connectivity index is 1.66. The highest BCUT2D eigenvalue weighted by Crippen LogP contribution is 2.24. The van der Waals surface area contributed by atoms with Crippen LogP contribution in [0.15, 0.2) is 54.6 Å². The van der Waals surface area contributed by atoms with Gasteiger partial charge in [0.25, 0.3) is 5.91 Å². The van der Waals surface area contributed by atoms with Gasteiger partial charge in [0, 0.05) is 11.3 Å². The fourth-order valence-electron chi connectivity index (χ4n) is 2.50. The van der Waals surface area contributed by atoms with Gasteiger partial charge in [0.2, 0.25) is 0 Å². The van der Waals surface area contributed by atoms with Crippen LogP contribution in [0.3, 0.4) is 0 Å². The van der Waals surface area contributed by atoms with Crippen molar-refractivity contribution in [3.63, 3.8) is 0 Å². The van der Waals surface area contributed by atoms with Crippen molar-refractivity contribution >= 4 is 28.8 Å². The lowest BCUT2D eigenvalue weighted by molar-refractivity contribution is 0.0977. The molecule has 1 aliphatic heterocycles. The topological polar surface area (TPSA) is 41.1 Å². The molecular formula is C17H16N2OS. The van der Waals surface area contributed by atoms with Crippen LogP contribution in [0.1, 0.15) is 22.3 Å². The molecule has 2 aromatic carbocycles. The van der Waals surface area contributed by atoms with Crippen LogP contribution in [0, 0.1) is 0 Å². The molecule has 1 aliphatic rings. The summed E-state index contributed by atoms with van der Waals surface area (Å²) in [5.74, 6) is -0.152. The summed E-state index contributed by atoms with van der Waals surface area (Å²) < 4.78 is 0. The first-order chi connectivity index (χ1) is 10.2. The Kier molecular flexibility index (Phi) is 3.97. The van der Waals surface area contributed by atoms with Gasteiger partial charge in [0.15, 0.2) is 0 Å². The molecule has 0 spiro atoms. The summed E-state index contributed by atoms with van der Waals surface area (Å²) in [6.07, 6.45) is 1.86. The maximum absolute atomic E-state index is 12.1. The third kappa shape index (κ3) is 3.11. The van der Waals surface area contributed by atoms with Crippen LogP contribution in [0.5, 0.6) is 0 Å². The number of anilines is 1. The molecule has 21 heavy (non-hydrogen) atoms. The molecule has 2 N–H and O–H groups in total. The number of fused-ring (bicyclic) bond motifs is 1. The van der Waals surface area contributed by atoms with Gasteiger partial charge in [-0.05, 0) is 36.6 Å². The number of hydrogen-bond acceptors (Lipinski definition) is 3. The van der Waals surface area contributed by atoms with E-state index in [1.807, 2.05) is 36.4 Å². The third-order valence-electron chi connectivity index (χ3n) is 3.64. The number of rotatable bonds is 2. The van der Waals surface area contributed by atoms with E-state index in [-0.39, 0.29) is 11.9 Å². The molecule has 1 unspecified atom stereocenters. The van der Waals surface area contributed by atoms with E-state index in [0.29, 0.717) is 10.6 Å². The minimum absolute atomic E-state index is 0.00237. The Labute approximate surface area is 129 Å². The number of hydrogen-bond donors (Lipinski definition) is 2. The van der Waals surface area contributed by atoms with Gasteiger partial charge in [0.1, 0.15) is 4.99 Å². The van der Waals surface area contributed by atoms with E-state index in [9.17, 15) is 4.79 Å². The molecule has 3 rings (SSSR count). The first kappa shape index (κ1) is 13.8. The van der Waals surface area contributed by atoms with E-state index in [4.69, 9.17) is 12.2 Å². The Bertz CT molecular complexity index is 670. The van der Waals surface area contributed by atoms with Gasteiger partial charge in [0.05, 0.1) is 6.04 Å². The second kappa shape index (κ2) is 6.06. The first-order valence-electron chi connectivity index (χ1n) is 6.99. The minimum atomic E-state index is -0.152. The SMILES string of the molecule is O=C(NC(=S)C1CCc2ccccc2N1)c1ccccc1. The highest BCUT2D eigenvalue weighted by molar-refractivity contribution is 7.80. The zero-order valence-electron chi connectivity index (χ0n) is 11.5. The number of benzene rings is 2. The summed E-state index contributed by atoms with van der Waals surface area (Å²) in [6, 6.07) is 17.3. The predicted octanol–water partition coefficient (Wildman–Crippen LogP) is 3.17. The van der Waals surface area contributed by atoms with Crippen molar-refractivity contribution < 1.29 is 4.79 Å². The Morgan fingerprint density at radius 2 is 1.81 bits per heavy atom. The van der Waals surface area contributed by atoms with E-state index in [1.165, 1.54) is 5.56 Å². The second-order valence-corrected chi connectivity index (χ2v) is 5.52. The maximum Gasteiger partial charge on any atom is 0.256 e. The second-order valence-electron chi connectivity index (χ2n) is 5.08. The lowest BCUT2D eigenvalue weighted by Crippen LogP contribution is -2.43. The van der Waals surface area contributed by atoms with Crippen molar-refractivity contribution in [2.75, 3.05) is 5.32 Å². The van der Waals surface area contributed by atoms with Gasteiger partial charge in [-0.25, -0.2) is 0 Å². The highest BCUT2D eigenvalue weighted by Gasteiger charge is 2.22. The van der Waals surface area contributed by atoms with Crippen molar-refractivity contribution in [3.8, 4) is 0 Å². The summed E-state index contributed by atoms with van der Waals surface area (Å²) >= 11 is 5.38. The average molecular weight is 296 g/mol. The summed E-state index contributed by atoms with van der Waals surface area (Å²) in [4.78, 5) is 12.7. The van der Waals surface area contributed by atoms with Gasteiger partial charge >= 0.3 is 0 Å². The van der Waals surface area contributed by atoms with Crippen LogP contribution in [0.2, 0.25) is 0 Å². The summed E-state index contributed by atoms with van der Waals surface area (Å²) in [5.41, 5.74) is 3.02. The molecule has 3 nitrogen and oxygen atoms in total. The normalized spacial score (nSPS) is 16.5. The van der Waals surface area contributed by atoms with Crippen LogP contribution < -0.4 is 10.6 Å². The van der Waals surface area contributed by atoms with Gasteiger partial charge in [-0.3, -0.25) is 4.79 Å². The number of nitrogens with one attached hydrogen (secondary N) is 2. The number of thiocarbonyl (C=S) groups is 1. The molecule has 0 saturated carbocycles. The van der Waals surface area contributed by atoms with Crippen LogP contribution in [0.4, 0.5) is 5.69 Å². The van der Waals surface area contributed by atoms with Gasteiger partial charge in [-0.2, -0.15) is 0 Å². The molecule has 0 aromatic heterocycles. The van der Waals surface area contributed by atoms with Crippen LogP contribution in [0.25, 0.3) is 0 Å². The molecule has 0 aliphatic carbocycles. The van der Waals surface area contributed by atoms with E-state index in [1.54, 1.807) is 12.1 Å². The van der Waals surface area contributed by atoms with Crippen molar-refractivity contribution in [3.05, 3.63) is 65.7 Å². The Hall–Kier alpha value is -2.20. The number of aryl methyl sites for hydroxylation is 1. The fraction of sp³-hybridized carbons (Fsp3) is 0.176. The van der Waals surface area contributed by atoms with Gasteiger partial charge in [-0.15, -0.1) is 0 Å². The van der Waals surface area contributed by atoms with E-state index in [2.05, 4.69) is 16.7 Å². The molecule has 0 fully saturated rings. The molecular weight excluding hydrogens is 280 g/mol. The zero-order valence-corrected chi connectivity index (χ0v) is 12.3. The van der Waals surface area contributed by atoms with E-state index >= 15 is 0 Å². The Morgan fingerprint density at radius 3 is 2.62 bits per heavy atom. The minimum Gasteiger partial charge on any atom is -0.376 e. The van der Waals surface area contributed by atoms with E-state index < -0.39 is 0 Å². The maximum atomic E-state index is 12.1. The molecule has 2 aromatic rings. The van der Waals surface area contributed by atoms with Gasteiger partial charge in [-0.1, -0.05) is 48.6 Å². The van der Waals surface area contributed by atoms with Crippen LogP contribution in [-0.2, 0) is 6.42 Å². The van der Waals surface area contributed by atoms with Crippen molar-refractivity contribution in [1.82, 2.24) is 5.32 Å². The summed E-state index contributed by atoms with van der Waals surface area (Å²) in [6.45, 7) is 0. The molecule has 1 atom stereocenters. The molecule has 1 heterocycles. The third-order valence-corrected chi connectivity index (χ3v) is 4.03. The van der Waals surface area contributed by atoms with E-state index in [0.717, 1.165) is 18.5 Å². The van der Waals surface area contributed by atoms with Crippen molar-refractivity contribution in [1.29, 1.82) is 0 Å². The smallest absolute Gasteiger partial charge is 0.256 e. The first-order valence-corrected chi connectivity index (χ1v) is 7.39. The van der Waals surface area contributed by atoms with Crippen molar-refractivity contribution in [2.45, 2.75) is 18.9 Å². The van der Waals surface area contributed by atoms with Crippen molar-refractivity contribution in [2.24, 2.45) is 0 Å².